The molecular formula is C16H15Cl2F2N3O3. The number of aromatic nitrogens is 1. The van der Waals surface area contributed by atoms with Gasteiger partial charge in [0.15, 0.2) is 0 Å². The van der Waals surface area contributed by atoms with Gasteiger partial charge in [-0.25, -0.2) is 13.8 Å². The van der Waals surface area contributed by atoms with Crippen molar-refractivity contribution in [2.45, 2.75) is 12.7 Å². The summed E-state index contributed by atoms with van der Waals surface area (Å²) in [6.45, 7) is 0. The molecule has 0 saturated heterocycles. The summed E-state index contributed by atoms with van der Waals surface area (Å²) in [6, 6.07) is 3.82. The average Bonchev–Trinajstić information content (AvgIpc) is 2.61. The predicted molar refractivity (Wildman–Crippen MR) is 94.2 cm³/mol. The molecule has 6 nitrogen and oxygen atoms in total. The Morgan fingerprint density at radius 2 is 1.88 bits per heavy atom. The summed E-state index contributed by atoms with van der Waals surface area (Å²) in [6.07, 6.45) is -2.75. The van der Waals surface area contributed by atoms with Crippen molar-refractivity contribution in [3.8, 4) is 0 Å². The number of carbonyl (C=O) groups excluding carboxylic acids is 1. The second-order valence-corrected chi connectivity index (χ2v) is 5.91. The maximum atomic E-state index is 14.5. The van der Waals surface area contributed by atoms with Crippen LogP contribution in [-0.4, -0.2) is 25.1 Å². The quantitative estimate of drug-likeness (QED) is 0.709. The van der Waals surface area contributed by atoms with Gasteiger partial charge < -0.3 is 20.5 Å². The Morgan fingerprint density at radius 1 is 1.23 bits per heavy atom. The molecule has 0 aliphatic rings. The van der Waals surface area contributed by atoms with E-state index in [4.69, 9.17) is 28.9 Å². The Hall–Kier alpha value is -2.00. The highest BCUT2D eigenvalue weighted by Crippen LogP contribution is 2.39. The number of anilines is 2. The van der Waals surface area contributed by atoms with E-state index in [-0.39, 0.29) is 38.2 Å². The third-order valence-corrected chi connectivity index (χ3v) is 3.98. The fourth-order valence-corrected chi connectivity index (χ4v) is 2.72. The Labute approximate surface area is 158 Å². The van der Waals surface area contributed by atoms with Gasteiger partial charge in [0.2, 0.25) is 12.7 Å². The number of hydrogen-bond acceptors (Lipinski definition) is 5. The van der Waals surface area contributed by atoms with Crippen LogP contribution in [0.25, 0.3) is 0 Å². The van der Waals surface area contributed by atoms with Crippen molar-refractivity contribution in [2.24, 2.45) is 5.73 Å². The molecule has 0 radical (unpaired) electrons. The van der Waals surface area contributed by atoms with Gasteiger partial charge in [0.1, 0.15) is 5.82 Å². The first-order chi connectivity index (χ1) is 12.3. The molecule has 1 aromatic carbocycles. The van der Waals surface area contributed by atoms with Gasteiger partial charge in [0.25, 0.3) is 5.91 Å². The number of nitrogens with zero attached hydrogens (tertiary/aromatic N) is 1. The van der Waals surface area contributed by atoms with Crippen molar-refractivity contribution in [2.75, 3.05) is 19.5 Å². The van der Waals surface area contributed by atoms with E-state index in [0.29, 0.717) is 0 Å². The third-order valence-electron chi connectivity index (χ3n) is 3.48. The molecule has 0 aliphatic heterocycles. The molecule has 3 N–H and O–H groups in total. The predicted octanol–water partition coefficient (Wildman–Crippen LogP) is 4.46. The number of amides is 1. The van der Waals surface area contributed by atoms with E-state index in [2.05, 4.69) is 19.8 Å². The van der Waals surface area contributed by atoms with Crippen LogP contribution in [-0.2, 0) is 9.47 Å². The minimum absolute atomic E-state index is 0.0631. The summed E-state index contributed by atoms with van der Waals surface area (Å²) >= 11 is 11.9. The Balaban J connectivity index is 2.71. The number of alkyl halides is 2. The third kappa shape index (κ3) is 4.21. The number of pyridine rings is 1. The van der Waals surface area contributed by atoms with E-state index >= 15 is 0 Å². The molecule has 2 aromatic rings. The van der Waals surface area contributed by atoms with Gasteiger partial charge >= 0.3 is 0 Å². The molecule has 2 atom stereocenters. The molecule has 0 fully saturated rings. The summed E-state index contributed by atoms with van der Waals surface area (Å²) in [5.41, 5.74) is 4.63. The van der Waals surface area contributed by atoms with Crippen LogP contribution in [0.4, 0.5) is 20.3 Å². The number of carbonyl (C=O) groups is 1. The van der Waals surface area contributed by atoms with Crippen molar-refractivity contribution < 1.29 is 23.0 Å². The molecular weight excluding hydrogens is 391 g/mol. The van der Waals surface area contributed by atoms with E-state index < -0.39 is 18.6 Å². The number of nitrogens with one attached hydrogen (secondary N) is 1. The van der Waals surface area contributed by atoms with E-state index in [0.717, 1.165) is 14.2 Å². The van der Waals surface area contributed by atoms with Crippen LogP contribution in [0.3, 0.4) is 0 Å². The van der Waals surface area contributed by atoms with Crippen LogP contribution in [0.5, 0.6) is 0 Å². The number of halogens is 4. The molecule has 26 heavy (non-hydrogen) atoms. The lowest BCUT2D eigenvalue weighted by molar-refractivity contribution is -0.0260. The van der Waals surface area contributed by atoms with Crippen LogP contribution < -0.4 is 11.1 Å². The standard InChI is InChI=1S/C16H15Cl2F2N3O3/c1-25-13(19)8-3-4-9(15(21)24)12(11(8)14(20)26-2)23-16-10(18)5-7(17)6-22-16/h3-6,13-14H,1-2H3,(H2,21,24)(H,22,23). The highest BCUT2D eigenvalue weighted by Gasteiger charge is 2.28. The smallest absolute Gasteiger partial charge is 0.250 e. The monoisotopic (exact) mass is 405 g/mol. The molecule has 2 unspecified atom stereocenters. The maximum Gasteiger partial charge on any atom is 0.250 e. The van der Waals surface area contributed by atoms with Crippen molar-refractivity contribution in [1.82, 2.24) is 4.98 Å². The van der Waals surface area contributed by atoms with Gasteiger partial charge in [-0.15, -0.1) is 0 Å². The normalized spacial score (nSPS) is 13.3. The van der Waals surface area contributed by atoms with Crippen LogP contribution in [0.2, 0.25) is 10.0 Å². The molecule has 1 aromatic heterocycles. The number of primary amides is 1. The van der Waals surface area contributed by atoms with Crippen LogP contribution in [0, 0.1) is 0 Å². The highest BCUT2D eigenvalue weighted by atomic mass is 35.5. The summed E-state index contributed by atoms with van der Waals surface area (Å²) < 4.78 is 37.9. The van der Waals surface area contributed by atoms with Crippen LogP contribution >= 0.6 is 23.2 Å². The van der Waals surface area contributed by atoms with Gasteiger partial charge in [0, 0.05) is 31.5 Å². The number of methoxy groups -OCH3 is 2. The SMILES string of the molecule is COC(F)c1ccc(C(N)=O)c(Nc2ncc(Cl)cc2Cl)c1C(F)OC. The summed E-state index contributed by atoms with van der Waals surface area (Å²) in [5.74, 6) is -0.811. The molecule has 0 aliphatic carbocycles. The molecule has 0 saturated carbocycles. The Bertz CT molecular complexity index is 824. The Kier molecular flexibility index (Phi) is 6.71. The first-order valence-corrected chi connectivity index (χ1v) is 7.94. The number of rotatable bonds is 7. The number of nitrogens with two attached hydrogens (primary N) is 1. The lowest BCUT2D eigenvalue weighted by Gasteiger charge is -2.22. The van der Waals surface area contributed by atoms with E-state index in [9.17, 15) is 13.6 Å². The summed E-state index contributed by atoms with van der Waals surface area (Å²) in [7, 11) is 2.20. The molecule has 140 valence electrons. The molecule has 2 rings (SSSR count). The fraction of sp³-hybridized carbons (Fsp3) is 0.250. The zero-order valence-electron chi connectivity index (χ0n) is 13.7. The number of ether oxygens (including phenoxy) is 2. The summed E-state index contributed by atoms with van der Waals surface area (Å²) in [5, 5.41) is 3.08. The number of benzene rings is 1. The van der Waals surface area contributed by atoms with Crippen LogP contribution in [0.15, 0.2) is 24.4 Å². The molecule has 0 bridgehead atoms. The highest BCUT2D eigenvalue weighted by molar-refractivity contribution is 6.36. The first-order valence-electron chi connectivity index (χ1n) is 7.18. The maximum absolute atomic E-state index is 14.5. The number of hydrogen-bond donors (Lipinski definition) is 2. The lowest BCUT2D eigenvalue weighted by Crippen LogP contribution is -2.17. The van der Waals surface area contributed by atoms with Gasteiger partial charge in [-0.05, 0) is 12.1 Å². The zero-order valence-corrected chi connectivity index (χ0v) is 15.2. The first kappa shape index (κ1) is 20.3. The molecule has 0 spiro atoms. The minimum Gasteiger partial charge on any atom is -0.366 e. The largest absolute Gasteiger partial charge is 0.366 e. The van der Waals surface area contributed by atoms with Gasteiger partial charge in [-0.2, -0.15) is 0 Å². The minimum atomic E-state index is -2.08. The summed E-state index contributed by atoms with van der Waals surface area (Å²) in [4.78, 5) is 15.8. The zero-order chi connectivity index (χ0) is 19.4. The fourth-order valence-electron chi connectivity index (χ4n) is 2.29. The topological polar surface area (TPSA) is 86.5 Å². The second-order valence-electron chi connectivity index (χ2n) is 5.07. The van der Waals surface area contributed by atoms with E-state index in [1.54, 1.807) is 0 Å². The molecule has 10 heteroatoms. The van der Waals surface area contributed by atoms with Gasteiger partial charge in [-0.1, -0.05) is 29.3 Å². The van der Waals surface area contributed by atoms with Crippen molar-refractivity contribution in [1.29, 1.82) is 0 Å². The van der Waals surface area contributed by atoms with Crippen molar-refractivity contribution >= 4 is 40.6 Å². The van der Waals surface area contributed by atoms with Crippen molar-refractivity contribution in [3.05, 3.63) is 51.1 Å². The van der Waals surface area contributed by atoms with Crippen molar-refractivity contribution in [3.63, 3.8) is 0 Å². The van der Waals surface area contributed by atoms with Crippen LogP contribution in [0.1, 0.15) is 34.2 Å². The van der Waals surface area contributed by atoms with Gasteiger partial charge in [-0.3, -0.25) is 4.79 Å². The van der Waals surface area contributed by atoms with Gasteiger partial charge in [0.05, 0.1) is 21.3 Å². The van der Waals surface area contributed by atoms with E-state index in [1.807, 2.05) is 0 Å². The molecule has 1 heterocycles. The average molecular weight is 406 g/mol. The Morgan fingerprint density at radius 3 is 2.42 bits per heavy atom. The lowest BCUT2D eigenvalue weighted by atomic mass is 9.99. The molecule has 1 amide bonds. The van der Waals surface area contributed by atoms with E-state index in [1.165, 1.54) is 24.4 Å². The second kappa shape index (κ2) is 8.59.